The maximum Gasteiger partial charge on any atom is 0.0453 e. The second kappa shape index (κ2) is 8.76. The lowest BCUT2D eigenvalue weighted by molar-refractivity contribution is 0.327. The Bertz CT molecular complexity index is 329. The number of nitrogens with one attached hydrogen (secondary N) is 1. The van der Waals surface area contributed by atoms with E-state index in [2.05, 4.69) is 30.3 Å². The van der Waals surface area contributed by atoms with Gasteiger partial charge in [0.15, 0.2) is 0 Å². The number of nitrogens with zero attached hydrogens (tertiary/aromatic N) is 1. The normalized spacial score (nSPS) is 10.4. The predicted octanol–water partition coefficient (Wildman–Crippen LogP) is 2.98. The quantitative estimate of drug-likeness (QED) is 0.860. The fourth-order valence-electron chi connectivity index (χ4n) is 1.76. The smallest absolute Gasteiger partial charge is 0.0453 e. The molecule has 0 saturated carbocycles. The monoisotopic (exact) mass is 276 g/mol. The Morgan fingerprint density at radius 1 is 1.35 bits per heavy atom. The third-order valence-corrected chi connectivity index (χ3v) is 3.12. The zero-order chi connectivity index (χ0) is 12.0. The van der Waals surface area contributed by atoms with Crippen LogP contribution in [-0.2, 0) is 13.0 Å². The van der Waals surface area contributed by atoms with E-state index in [1.54, 1.807) is 0 Å². The first-order valence-corrected chi connectivity index (χ1v) is 6.16. The molecule has 0 atom stereocenters. The summed E-state index contributed by atoms with van der Waals surface area (Å²) in [6.45, 7) is 5.13. The standard InChI is InChI=1S/C13H21ClN2.ClH/c1-4-11-6-5-7-13(14)12(11)10-16(3)9-8-15-2;/h5-7,15H,4,8-10H2,1-3H3;1H. The van der Waals surface area contributed by atoms with Crippen LogP contribution in [0.3, 0.4) is 0 Å². The molecule has 0 amide bonds. The maximum atomic E-state index is 6.24. The van der Waals surface area contributed by atoms with E-state index in [0.29, 0.717) is 0 Å². The van der Waals surface area contributed by atoms with E-state index in [9.17, 15) is 0 Å². The van der Waals surface area contributed by atoms with Crippen LogP contribution in [0.1, 0.15) is 18.1 Å². The first-order valence-electron chi connectivity index (χ1n) is 5.78. The van der Waals surface area contributed by atoms with Gasteiger partial charge in [-0.1, -0.05) is 30.7 Å². The summed E-state index contributed by atoms with van der Waals surface area (Å²) in [7, 11) is 4.10. The molecule has 4 heteroatoms. The molecule has 0 fully saturated rings. The molecule has 2 nitrogen and oxygen atoms in total. The highest BCUT2D eigenvalue weighted by Crippen LogP contribution is 2.21. The Balaban J connectivity index is 0.00000256. The summed E-state index contributed by atoms with van der Waals surface area (Å²) >= 11 is 6.24. The molecule has 0 bridgehead atoms. The van der Waals surface area contributed by atoms with Crippen molar-refractivity contribution in [2.75, 3.05) is 27.2 Å². The highest BCUT2D eigenvalue weighted by atomic mass is 35.5. The molecule has 0 spiro atoms. The summed E-state index contributed by atoms with van der Waals surface area (Å²) in [5.41, 5.74) is 2.62. The first kappa shape index (κ1) is 16.7. The molecule has 0 radical (unpaired) electrons. The average molecular weight is 277 g/mol. The van der Waals surface area contributed by atoms with Crippen LogP contribution >= 0.6 is 24.0 Å². The largest absolute Gasteiger partial charge is 0.318 e. The van der Waals surface area contributed by atoms with Gasteiger partial charge in [0.05, 0.1) is 0 Å². The van der Waals surface area contributed by atoms with E-state index < -0.39 is 0 Å². The van der Waals surface area contributed by atoms with E-state index in [-0.39, 0.29) is 12.4 Å². The molecule has 0 aliphatic heterocycles. The fraction of sp³-hybridized carbons (Fsp3) is 0.538. The van der Waals surface area contributed by atoms with Gasteiger partial charge in [-0.25, -0.2) is 0 Å². The average Bonchev–Trinajstić information content (AvgIpc) is 2.29. The van der Waals surface area contributed by atoms with Gasteiger partial charge in [-0.15, -0.1) is 12.4 Å². The summed E-state index contributed by atoms with van der Waals surface area (Å²) in [6.07, 6.45) is 1.04. The van der Waals surface area contributed by atoms with Crippen LogP contribution in [0.5, 0.6) is 0 Å². The van der Waals surface area contributed by atoms with E-state index >= 15 is 0 Å². The summed E-state index contributed by atoms with van der Waals surface area (Å²) in [6, 6.07) is 6.16. The van der Waals surface area contributed by atoms with Crippen LogP contribution in [0.25, 0.3) is 0 Å². The lowest BCUT2D eigenvalue weighted by Crippen LogP contribution is -2.27. The number of likely N-dealkylation sites (N-methyl/N-ethyl adjacent to an activating group) is 2. The molecular weight excluding hydrogens is 255 g/mol. The van der Waals surface area contributed by atoms with Crippen molar-refractivity contribution in [1.82, 2.24) is 10.2 Å². The van der Waals surface area contributed by atoms with E-state index in [0.717, 1.165) is 31.1 Å². The lowest BCUT2D eigenvalue weighted by Gasteiger charge is -2.19. The highest BCUT2D eigenvalue weighted by molar-refractivity contribution is 6.31. The van der Waals surface area contributed by atoms with Crippen molar-refractivity contribution in [3.05, 3.63) is 34.3 Å². The van der Waals surface area contributed by atoms with Crippen molar-refractivity contribution in [3.63, 3.8) is 0 Å². The van der Waals surface area contributed by atoms with Crippen LogP contribution in [0.15, 0.2) is 18.2 Å². The Labute approximate surface area is 116 Å². The minimum absolute atomic E-state index is 0. The minimum Gasteiger partial charge on any atom is -0.318 e. The van der Waals surface area contributed by atoms with Gasteiger partial charge in [-0.05, 0) is 37.7 Å². The number of rotatable bonds is 6. The SMILES string of the molecule is CCc1cccc(Cl)c1CN(C)CCNC.Cl. The topological polar surface area (TPSA) is 15.3 Å². The Kier molecular flexibility index (Phi) is 8.61. The molecule has 0 aromatic heterocycles. The summed E-state index contributed by atoms with van der Waals surface area (Å²) in [4.78, 5) is 2.29. The van der Waals surface area contributed by atoms with Gasteiger partial charge in [0, 0.05) is 24.7 Å². The Morgan fingerprint density at radius 2 is 2.06 bits per heavy atom. The van der Waals surface area contributed by atoms with Crippen molar-refractivity contribution < 1.29 is 0 Å². The molecule has 17 heavy (non-hydrogen) atoms. The van der Waals surface area contributed by atoms with Crippen LogP contribution < -0.4 is 5.32 Å². The number of halogens is 2. The molecular formula is C13H22Cl2N2. The fourth-order valence-corrected chi connectivity index (χ4v) is 2.02. The van der Waals surface area contributed by atoms with Crippen molar-refractivity contribution in [2.45, 2.75) is 19.9 Å². The molecule has 1 aromatic rings. The summed E-state index contributed by atoms with van der Waals surface area (Å²) in [5.74, 6) is 0. The van der Waals surface area contributed by atoms with Gasteiger partial charge in [0.25, 0.3) is 0 Å². The third-order valence-electron chi connectivity index (χ3n) is 2.77. The van der Waals surface area contributed by atoms with Crippen LogP contribution in [0.4, 0.5) is 0 Å². The van der Waals surface area contributed by atoms with E-state index in [1.807, 2.05) is 19.2 Å². The van der Waals surface area contributed by atoms with Gasteiger partial charge in [-0.2, -0.15) is 0 Å². The van der Waals surface area contributed by atoms with E-state index in [1.165, 1.54) is 11.1 Å². The van der Waals surface area contributed by atoms with E-state index in [4.69, 9.17) is 11.6 Å². The zero-order valence-corrected chi connectivity index (χ0v) is 12.4. The van der Waals surface area contributed by atoms with Crippen LogP contribution in [0, 0.1) is 0 Å². The molecule has 0 heterocycles. The lowest BCUT2D eigenvalue weighted by atomic mass is 10.0. The predicted molar refractivity (Wildman–Crippen MR) is 78.3 cm³/mol. The molecule has 0 unspecified atom stereocenters. The Morgan fingerprint density at radius 3 is 2.65 bits per heavy atom. The highest BCUT2D eigenvalue weighted by Gasteiger charge is 2.08. The molecule has 0 aliphatic rings. The van der Waals surface area contributed by atoms with Gasteiger partial charge in [-0.3, -0.25) is 0 Å². The number of hydrogen-bond donors (Lipinski definition) is 1. The molecule has 0 aliphatic carbocycles. The molecule has 0 saturated heterocycles. The minimum atomic E-state index is 0. The van der Waals surface area contributed by atoms with Gasteiger partial charge in [0.1, 0.15) is 0 Å². The maximum absolute atomic E-state index is 6.24. The first-order chi connectivity index (χ1) is 7.69. The summed E-state index contributed by atoms with van der Waals surface area (Å²) < 4.78 is 0. The number of benzene rings is 1. The van der Waals surface area contributed by atoms with Crippen molar-refractivity contribution in [1.29, 1.82) is 0 Å². The molecule has 1 aromatic carbocycles. The second-order valence-corrected chi connectivity index (χ2v) is 4.48. The van der Waals surface area contributed by atoms with Crippen LogP contribution in [-0.4, -0.2) is 32.1 Å². The Hall–Kier alpha value is -0.280. The summed E-state index contributed by atoms with van der Waals surface area (Å²) in [5, 5.41) is 4.04. The molecule has 98 valence electrons. The zero-order valence-electron chi connectivity index (χ0n) is 10.8. The molecule has 1 rings (SSSR count). The van der Waals surface area contributed by atoms with Gasteiger partial charge in [0.2, 0.25) is 0 Å². The van der Waals surface area contributed by atoms with Crippen molar-refractivity contribution >= 4 is 24.0 Å². The molecule has 1 N–H and O–H groups in total. The van der Waals surface area contributed by atoms with Crippen molar-refractivity contribution in [3.8, 4) is 0 Å². The van der Waals surface area contributed by atoms with Crippen molar-refractivity contribution in [2.24, 2.45) is 0 Å². The number of aryl methyl sites for hydroxylation is 1. The van der Waals surface area contributed by atoms with Gasteiger partial charge >= 0.3 is 0 Å². The number of hydrogen-bond acceptors (Lipinski definition) is 2. The van der Waals surface area contributed by atoms with Crippen LogP contribution in [0.2, 0.25) is 5.02 Å². The van der Waals surface area contributed by atoms with Gasteiger partial charge < -0.3 is 10.2 Å². The second-order valence-electron chi connectivity index (χ2n) is 4.07. The third kappa shape index (κ3) is 5.26.